The van der Waals surface area contributed by atoms with Crippen LogP contribution in [0.1, 0.15) is 0 Å². The molecule has 0 amide bonds. The number of nitrogens with zero attached hydrogens (tertiary/aromatic N) is 4. The van der Waals surface area contributed by atoms with Crippen molar-refractivity contribution in [3.05, 3.63) is 485 Å². The molecule has 0 radical (unpaired) electrons. The maximum absolute atomic E-state index is 2.47. The van der Waals surface area contributed by atoms with E-state index in [1.165, 1.54) is 272 Å². The SMILES string of the molecule is c1ccc(-n2c3ccccc3c3cc(-c4ccc5c(c4)c4ccccc4n5-c4ccc5cc(-c6cc7c8ccccc8c8ccccc8c7c7c6ccc6ccccc67)ccc5c4)ccc32)cc1.c1ccc(-n2c3ccccc3c3cc(-c4ccc5c(c4)c4ccccc4n5-c4ccc5ccc(-c6cc7c8ccccc8c8ccccc8c7c7c6ccc6ccccc67)cc5c4)ccc32)cc1. The van der Waals surface area contributed by atoms with Crippen LogP contribution in [0.2, 0.25) is 0 Å². The van der Waals surface area contributed by atoms with Gasteiger partial charge in [-0.2, -0.15) is 0 Å². The van der Waals surface area contributed by atoms with Gasteiger partial charge in [0.25, 0.3) is 0 Å². The monoisotopic (exact) mass is 1720 g/mol. The molecule has 4 heterocycles. The Morgan fingerprint density at radius 1 is 0.103 bits per heavy atom. The predicted molar refractivity (Wildman–Crippen MR) is 582 cm³/mol. The average Bonchev–Trinajstić information content (AvgIpc) is 0.929. The minimum Gasteiger partial charge on any atom is -0.309 e. The molecule has 30 rings (SSSR count). The highest BCUT2D eigenvalue weighted by Gasteiger charge is 2.25. The van der Waals surface area contributed by atoms with Crippen LogP contribution >= 0.6 is 0 Å². The van der Waals surface area contributed by atoms with E-state index in [2.05, 4.69) is 504 Å². The van der Waals surface area contributed by atoms with Crippen LogP contribution < -0.4 is 0 Å². The molecule has 0 N–H and O–H groups in total. The molecule has 26 aromatic carbocycles. The minimum absolute atomic E-state index is 1.15. The molecular weight excluding hydrogens is 1640 g/mol. The largest absolute Gasteiger partial charge is 0.309 e. The van der Waals surface area contributed by atoms with Gasteiger partial charge in [0.05, 0.1) is 44.1 Å². The first-order valence-corrected chi connectivity index (χ1v) is 47.2. The van der Waals surface area contributed by atoms with E-state index in [1.807, 2.05) is 0 Å². The highest BCUT2D eigenvalue weighted by molar-refractivity contribution is 6.39. The Morgan fingerprint density at radius 3 is 0.743 bits per heavy atom. The van der Waals surface area contributed by atoms with Crippen molar-refractivity contribution in [1.29, 1.82) is 0 Å². The van der Waals surface area contributed by atoms with Crippen molar-refractivity contribution < 1.29 is 0 Å². The molecule has 0 aliphatic heterocycles. The number of rotatable bonds is 8. The van der Waals surface area contributed by atoms with Crippen LogP contribution in [0.25, 0.3) is 284 Å². The summed E-state index contributed by atoms with van der Waals surface area (Å²) >= 11 is 0. The highest BCUT2D eigenvalue weighted by atomic mass is 15.0. The highest BCUT2D eigenvalue weighted by Crippen LogP contribution is 2.51. The fourth-order valence-corrected chi connectivity index (χ4v) is 23.6. The first kappa shape index (κ1) is 75.8. The molecule has 628 valence electrons. The molecule has 0 fully saturated rings. The quantitative estimate of drug-likeness (QED) is 0.135. The third-order valence-electron chi connectivity index (χ3n) is 29.6. The van der Waals surface area contributed by atoms with E-state index >= 15 is 0 Å². The normalized spacial score (nSPS) is 12.1. The van der Waals surface area contributed by atoms with Gasteiger partial charge in [-0.25, -0.2) is 0 Å². The molecule has 0 saturated carbocycles. The Bertz CT molecular complexity index is 10400. The molecule has 4 heteroatoms. The Hall–Kier alpha value is -18.0. The van der Waals surface area contributed by atoms with Crippen molar-refractivity contribution in [2.24, 2.45) is 0 Å². The van der Waals surface area contributed by atoms with Gasteiger partial charge in [-0.05, 0) is 319 Å². The van der Waals surface area contributed by atoms with Crippen LogP contribution in [0.3, 0.4) is 0 Å². The molecule has 0 aliphatic carbocycles. The smallest absolute Gasteiger partial charge is 0.0541 e. The van der Waals surface area contributed by atoms with E-state index < -0.39 is 0 Å². The Balaban J connectivity index is 0.000000132. The third-order valence-corrected chi connectivity index (χ3v) is 29.6. The van der Waals surface area contributed by atoms with Crippen molar-refractivity contribution in [3.8, 4) is 67.3 Å². The maximum atomic E-state index is 2.47. The molecule has 30 aromatic rings. The molecule has 4 aromatic heterocycles. The summed E-state index contributed by atoms with van der Waals surface area (Å²) in [4.78, 5) is 0. The van der Waals surface area contributed by atoms with Gasteiger partial charge in [0.2, 0.25) is 0 Å². The summed E-state index contributed by atoms with van der Waals surface area (Å²) in [5, 5.41) is 40.7. The van der Waals surface area contributed by atoms with Crippen LogP contribution in [-0.4, -0.2) is 18.3 Å². The molecule has 0 bridgehead atoms. The van der Waals surface area contributed by atoms with E-state index in [0.29, 0.717) is 0 Å². The number of aromatic nitrogens is 4. The molecular formula is C132H80N4. The molecule has 4 nitrogen and oxygen atoms in total. The molecule has 0 aliphatic rings. The Labute approximate surface area is 781 Å². The fourth-order valence-electron chi connectivity index (χ4n) is 23.6. The lowest BCUT2D eigenvalue weighted by Gasteiger charge is -2.18. The van der Waals surface area contributed by atoms with Crippen molar-refractivity contribution >= 4 is 216 Å². The number of hydrogen-bond acceptors (Lipinski definition) is 0. The molecule has 0 saturated heterocycles. The summed E-state index contributed by atoms with van der Waals surface area (Å²) in [6.45, 7) is 0. The van der Waals surface area contributed by atoms with Crippen molar-refractivity contribution in [3.63, 3.8) is 0 Å². The summed E-state index contributed by atoms with van der Waals surface area (Å²) in [5.41, 5.74) is 24.1. The summed E-state index contributed by atoms with van der Waals surface area (Å²) in [6, 6.07) is 180. The Kier molecular flexibility index (Phi) is 16.6. The van der Waals surface area contributed by atoms with Crippen LogP contribution in [0.5, 0.6) is 0 Å². The zero-order chi connectivity index (χ0) is 88.9. The van der Waals surface area contributed by atoms with Gasteiger partial charge >= 0.3 is 0 Å². The van der Waals surface area contributed by atoms with Gasteiger partial charge in [0.1, 0.15) is 0 Å². The van der Waals surface area contributed by atoms with Gasteiger partial charge in [-0.3, -0.25) is 0 Å². The number of fused-ring (bicyclic) bond motifs is 34. The maximum Gasteiger partial charge on any atom is 0.0541 e. The first-order valence-electron chi connectivity index (χ1n) is 47.2. The van der Waals surface area contributed by atoms with Crippen LogP contribution in [0, 0.1) is 0 Å². The zero-order valence-electron chi connectivity index (χ0n) is 74.0. The van der Waals surface area contributed by atoms with Crippen molar-refractivity contribution in [2.75, 3.05) is 0 Å². The van der Waals surface area contributed by atoms with Gasteiger partial charge in [0.15, 0.2) is 0 Å². The standard InChI is InChI=1S/2C66H40N2/c1-2-15-47(16-3-1)67-61-24-12-10-21-53(61)58-38-43(30-34-63(58)67)44-31-35-64-59(39-44)54-22-11-13-25-62(54)68(64)48-32-28-41-26-27-45(36-46(41)37-48)57-40-60-52-20-7-6-18-50(52)51-19-8-9-23-55(51)66(60)65-49-17-5-4-14-42(49)29-33-56(57)65;1-2-15-47(16-3-1)67-61-24-12-10-21-53(61)58-38-44(30-34-63(58)67)45-31-35-64-59(39-45)54-22-11-13-25-62(54)68(64)48-32-28-42-36-46(27-26-43(42)37-48)57-40-60-52-20-7-6-18-50(52)51-19-8-9-23-55(51)66(60)65-49-17-5-4-14-41(49)29-33-56(57)65/h2*1-40H. The second kappa shape index (κ2) is 29.8. The van der Waals surface area contributed by atoms with E-state index in [-0.39, 0.29) is 0 Å². The minimum atomic E-state index is 1.15. The van der Waals surface area contributed by atoms with Gasteiger partial charge in [-0.1, -0.05) is 340 Å². The van der Waals surface area contributed by atoms with Gasteiger partial charge in [-0.15, -0.1) is 0 Å². The summed E-state index contributed by atoms with van der Waals surface area (Å²) in [7, 11) is 0. The van der Waals surface area contributed by atoms with E-state index in [9.17, 15) is 0 Å². The topological polar surface area (TPSA) is 19.7 Å². The third kappa shape index (κ3) is 11.5. The molecule has 136 heavy (non-hydrogen) atoms. The average molecular weight is 1720 g/mol. The lowest BCUT2D eigenvalue weighted by atomic mass is 9.85. The van der Waals surface area contributed by atoms with E-state index in [1.54, 1.807) is 0 Å². The number of hydrogen-bond donors (Lipinski definition) is 0. The van der Waals surface area contributed by atoms with Crippen LogP contribution in [0.15, 0.2) is 485 Å². The van der Waals surface area contributed by atoms with Gasteiger partial charge in [0, 0.05) is 65.8 Å². The molecule has 0 unspecified atom stereocenters. The van der Waals surface area contributed by atoms with Crippen LogP contribution in [-0.2, 0) is 0 Å². The van der Waals surface area contributed by atoms with E-state index in [0.717, 1.165) is 11.4 Å². The first-order chi connectivity index (χ1) is 67.5. The lowest BCUT2D eigenvalue weighted by Crippen LogP contribution is -1.94. The number of benzene rings is 26. The number of para-hydroxylation sites is 6. The van der Waals surface area contributed by atoms with E-state index in [4.69, 9.17) is 0 Å². The summed E-state index contributed by atoms with van der Waals surface area (Å²) in [5.74, 6) is 0. The second-order valence-corrected chi connectivity index (χ2v) is 36.8. The summed E-state index contributed by atoms with van der Waals surface area (Å²) < 4.78 is 9.65. The van der Waals surface area contributed by atoms with Gasteiger partial charge < -0.3 is 18.3 Å². The predicted octanol–water partition coefficient (Wildman–Crippen LogP) is 36.3. The van der Waals surface area contributed by atoms with Crippen molar-refractivity contribution in [1.82, 2.24) is 18.3 Å². The fraction of sp³-hybridized carbons (Fsp3) is 0. The molecule has 0 spiro atoms. The Morgan fingerprint density at radius 2 is 0.353 bits per heavy atom. The summed E-state index contributed by atoms with van der Waals surface area (Å²) in [6.07, 6.45) is 0. The second-order valence-electron chi connectivity index (χ2n) is 36.8. The van der Waals surface area contributed by atoms with Crippen LogP contribution in [0.4, 0.5) is 0 Å². The molecule has 0 atom stereocenters. The lowest BCUT2D eigenvalue weighted by molar-refractivity contribution is 1.18. The van der Waals surface area contributed by atoms with Crippen molar-refractivity contribution in [2.45, 2.75) is 0 Å². The zero-order valence-corrected chi connectivity index (χ0v) is 74.0.